The second-order valence-electron chi connectivity index (χ2n) is 5.13. The van der Waals surface area contributed by atoms with Crippen LogP contribution in [0.25, 0.3) is 0 Å². The number of hydrogen-bond acceptors (Lipinski definition) is 2. The van der Waals surface area contributed by atoms with Gasteiger partial charge in [-0.2, -0.15) is 0 Å². The van der Waals surface area contributed by atoms with Crippen LogP contribution in [-0.4, -0.2) is 30.2 Å². The fraction of sp³-hybridized carbons (Fsp3) is 0.467. The Bertz CT molecular complexity index is 525. The van der Waals surface area contributed by atoms with Crippen LogP contribution in [0.2, 0.25) is 18.1 Å². The summed E-state index contributed by atoms with van der Waals surface area (Å²) in [4.78, 5) is 23.2. The van der Waals surface area contributed by atoms with Crippen LogP contribution in [-0.2, 0) is 0 Å². The molecule has 1 aromatic carbocycles. The monoisotopic (exact) mass is 294 g/mol. The molecule has 0 aromatic heterocycles. The van der Waals surface area contributed by atoms with E-state index < -0.39 is 20.0 Å². The molecule has 1 aromatic rings. The fourth-order valence-electron chi connectivity index (χ4n) is 2.99. The number of hydrogen-bond donors (Lipinski definition) is 2. The Kier molecular flexibility index (Phi) is 5.11. The van der Waals surface area contributed by atoms with Crippen molar-refractivity contribution in [1.29, 1.82) is 0 Å². The van der Waals surface area contributed by atoms with E-state index in [4.69, 9.17) is 0 Å². The number of benzene rings is 1. The molecule has 0 aliphatic heterocycles. The standard InChI is InChI=1S/C15H22O4Si/c1-5-20(6-2,7-3)13-11(14(16)17)9-8-10(4)12(13)15(18)19/h8-9H,5-7H2,1-4H3,(H,16,17)(H,18,19). The molecule has 110 valence electrons. The molecule has 0 bridgehead atoms. The smallest absolute Gasteiger partial charge is 0.335 e. The molecule has 2 N–H and O–H groups in total. The zero-order chi connectivity index (χ0) is 15.5. The SMILES string of the molecule is CC[Si](CC)(CC)c1c(C(=O)O)ccc(C)c1C(=O)O. The molecule has 0 amide bonds. The highest BCUT2D eigenvalue weighted by atomic mass is 28.3. The Morgan fingerprint density at radius 3 is 1.85 bits per heavy atom. The zero-order valence-electron chi connectivity index (χ0n) is 12.5. The predicted molar refractivity (Wildman–Crippen MR) is 81.9 cm³/mol. The molecule has 1 rings (SSSR count). The molecule has 0 unspecified atom stereocenters. The highest BCUT2D eigenvalue weighted by molar-refractivity contribution is 6.93. The van der Waals surface area contributed by atoms with Crippen LogP contribution in [0.1, 0.15) is 47.1 Å². The van der Waals surface area contributed by atoms with Gasteiger partial charge in [0.2, 0.25) is 0 Å². The van der Waals surface area contributed by atoms with Gasteiger partial charge in [0.05, 0.1) is 19.2 Å². The van der Waals surface area contributed by atoms with Gasteiger partial charge in [0.1, 0.15) is 0 Å². The first-order valence-electron chi connectivity index (χ1n) is 6.95. The molecule has 0 fully saturated rings. The van der Waals surface area contributed by atoms with Crippen LogP contribution < -0.4 is 5.19 Å². The van der Waals surface area contributed by atoms with E-state index in [0.29, 0.717) is 10.8 Å². The highest BCUT2D eigenvalue weighted by Crippen LogP contribution is 2.25. The van der Waals surface area contributed by atoms with Gasteiger partial charge in [-0.25, -0.2) is 9.59 Å². The molecule has 0 saturated carbocycles. The van der Waals surface area contributed by atoms with Gasteiger partial charge in [-0.3, -0.25) is 0 Å². The van der Waals surface area contributed by atoms with E-state index in [0.717, 1.165) is 18.1 Å². The van der Waals surface area contributed by atoms with Crippen LogP contribution in [0.3, 0.4) is 0 Å². The maximum atomic E-state index is 11.6. The molecule has 4 nitrogen and oxygen atoms in total. The van der Waals surface area contributed by atoms with Crippen molar-refractivity contribution >= 4 is 25.2 Å². The lowest BCUT2D eigenvalue weighted by atomic mass is 10.0. The van der Waals surface area contributed by atoms with Crippen LogP contribution in [0.15, 0.2) is 12.1 Å². The second-order valence-corrected chi connectivity index (χ2v) is 10.3. The summed E-state index contributed by atoms with van der Waals surface area (Å²) in [5.74, 6) is -2.05. The number of carboxylic acid groups (broad SMARTS) is 2. The normalized spacial score (nSPS) is 11.4. The summed E-state index contributed by atoms with van der Waals surface area (Å²) in [7, 11) is -2.10. The van der Waals surface area contributed by atoms with E-state index in [9.17, 15) is 19.8 Å². The van der Waals surface area contributed by atoms with Crippen molar-refractivity contribution in [3.63, 3.8) is 0 Å². The quantitative estimate of drug-likeness (QED) is 0.791. The average Bonchev–Trinajstić information content (AvgIpc) is 2.40. The molecule has 20 heavy (non-hydrogen) atoms. The molecular weight excluding hydrogens is 272 g/mol. The molecule has 0 atom stereocenters. The van der Waals surface area contributed by atoms with E-state index in [2.05, 4.69) is 0 Å². The van der Waals surface area contributed by atoms with Crippen molar-refractivity contribution < 1.29 is 19.8 Å². The van der Waals surface area contributed by atoms with Gasteiger partial charge in [0, 0.05) is 0 Å². The predicted octanol–water partition coefficient (Wildman–Crippen LogP) is 3.11. The van der Waals surface area contributed by atoms with Crippen molar-refractivity contribution in [1.82, 2.24) is 0 Å². The van der Waals surface area contributed by atoms with Crippen LogP contribution >= 0.6 is 0 Å². The van der Waals surface area contributed by atoms with Crippen LogP contribution in [0, 0.1) is 6.92 Å². The third-order valence-electron chi connectivity index (χ3n) is 4.42. The van der Waals surface area contributed by atoms with Crippen molar-refractivity contribution in [2.45, 2.75) is 45.8 Å². The number of carbonyl (C=O) groups is 2. The molecule has 5 heteroatoms. The average molecular weight is 294 g/mol. The van der Waals surface area contributed by atoms with E-state index in [1.807, 2.05) is 20.8 Å². The number of aromatic carboxylic acids is 2. The summed E-state index contributed by atoms with van der Waals surface area (Å²) in [5, 5.41) is 19.6. The van der Waals surface area contributed by atoms with Crippen LogP contribution in [0.5, 0.6) is 0 Å². The molecular formula is C15H22O4Si. The zero-order valence-corrected chi connectivity index (χ0v) is 13.5. The third kappa shape index (κ3) is 2.63. The maximum Gasteiger partial charge on any atom is 0.335 e. The van der Waals surface area contributed by atoms with E-state index in [1.54, 1.807) is 19.1 Å². The summed E-state index contributed by atoms with van der Waals surface area (Å²) in [5.41, 5.74) is 1.03. The molecule has 0 saturated heterocycles. The molecule has 0 aliphatic carbocycles. The van der Waals surface area contributed by atoms with Crippen LogP contribution in [0.4, 0.5) is 0 Å². The van der Waals surface area contributed by atoms with Gasteiger partial charge in [-0.05, 0) is 23.7 Å². The van der Waals surface area contributed by atoms with Gasteiger partial charge < -0.3 is 10.2 Å². The summed E-state index contributed by atoms with van der Waals surface area (Å²) in [6.07, 6.45) is 0. The van der Waals surface area contributed by atoms with Crippen molar-refractivity contribution in [2.24, 2.45) is 0 Å². The highest BCUT2D eigenvalue weighted by Gasteiger charge is 2.37. The Morgan fingerprint density at radius 1 is 1.00 bits per heavy atom. The van der Waals surface area contributed by atoms with Crippen molar-refractivity contribution in [2.75, 3.05) is 0 Å². The lowest BCUT2D eigenvalue weighted by Gasteiger charge is -2.32. The van der Waals surface area contributed by atoms with Gasteiger partial charge in [0.15, 0.2) is 0 Å². The molecule has 0 aliphatic rings. The maximum absolute atomic E-state index is 11.6. The lowest BCUT2D eigenvalue weighted by molar-refractivity contribution is 0.0695. The first-order chi connectivity index (χ1) is 9.34. The summed E-state index contributed by atoms with van der Waals surface area (Å²) < 4.78 is 0. The first kappa shape index (κ1) is 16.4. The van der Waals surface area contributed by atoms with Gasteiger partial charge in [0.25, 0.3) is 0 Å². The van der Waals surface area contributed by atoms with E-state index >= 15 is 0 Å². The Morgan fingerprint density at radius 2 is 1.50 bits per heavy atom. The molecule has 0 heterocycles. The fourth-order valence-corrected chi connectivity index (χ4v) is 7.15. The minimum Gasteiger partial charge on any atom is -0.478 e. The van der Waals surface area contributed by atoms with Gasteiger partial charge in [-0.1, -0.05) is 45.0 Å². The topological polar surface area (TPSA) is 74.6 Å². The van der Waals surface area contributed by atoms with Gasteiger partial charge >= 0.3 is 11.9 Å². The summed E-state index contributed by atoms with van der Waals surface area (Å²) in [6.45, 7) is 7.86. The summed E-state index contributed by atoms with van der Waals surface area (Å²) >= 11 is 0. The van der Waals surface area contributed by atoms with Gasteiger partial charge in [-0.15, -0.1) is 0 Å². The first-order valence-corrected chi connectivity index (χ1v) is 9.57. The minimum atomic E-state index is -2.10. The van der Waals surface area contributed by atoms with E-state index in [1.165, 1.54) is 0 Å². The second kappa shape index (κ2) is 6.22. The summed E-state index contributed by atoms with van der Waals surface area (Å²) in [6, 6.07) is 5.71. The number of carboxylic acids is 2. The van der Waals surface area contributed by atoms with E-state index in [-0.39, 0.29) is 11.1 Å². The third-order valence-corrected chi connectivity index (χ3v) is 10.1. The molecule has 0 spiro atoms. The Balaban J connectivity index is 3.84. The number of aryl methyl sites for hydroxylation is 1. The Labute approximate surface area is 120 Å². The minimum absolute atomic E-state index is 0.171. The lowest BCUT2D eigenvalue weighted by Crippen LogP contribution is -2.51. The Hall–Kier alpha value is -1.62. The largest absolute Gasteiger partial charge is 0.478 e. The van der Waals surface area contributed by atoms with Crippen molar-refractivity contribution in [3.05, 3.63) is 28.8 Å². The molecule has 0 radical (unpaired) electrons. The van der Waals surface area contributed by atoms with Crippen molar-refractivity contribution in [3.8, 4) is 0 Å². The number of rotatable bonds is 6.